The zero-order valence-electron chi connectivity index (χ0n) is 7.80. The molecule has 1 N–H and O–H groups in total. The van der Waals surface area contributed by atoms with Crippen LogP contribution in [0.5, 0.6) is 0 Å². The third-order valence-electron chi connectivity index (χ3n) is 2.07. The fourth-order valence-corrected chi connectivity index (χ4v) is 1.13. The zero-order chi connectivity index (χ0) is 10.8. The van der Waals surface area contributed by atoms with Gasteiger partial charge >= 0.3 is 0 Å². The van der Waals surface area contributed by atoms with Crippen LogP contribution in [-0.4, -0.2) is 25.2 Å². The number of rotatable bonds is 3. The second kappa shape index (κ2) is 3.94. The Labute approximate surface area is 85.0 Å². The Bertz CT molecular complexity index is 391. The largest absolute Gasteiger partial charge is 0.371 e. The van der Waals surface area contributed by atoms with E-state index < -0.39 is 17.5 Å². The van der Waals surface area contributed by atoms with Crippen molar-refractivity contribution in [3.8, 4) is 0 Å². The summed E-state index contributed by atoms with van der Waals surface area (Å²) in [7, 11) is 0. The van der Waals surface area contributed by atoms with E-state index in [4.69, 9.17) is 4.74 Å². The van der Waals surface area contributed by atoms with Crippen molar-refractivity contribution in [2.45, 2.75) is 6.10 Å². The first-order chi connectivity index (χ1) is 7.16. The molecule has 0 radical (unpaired) electrons. The van der Waals surface area contributed by atoms with Crippen molar-refractivity contribution in [2.75, 3.05) is 13.2 Å². The molecule has 0 bridgehead atoms. The summed E-state index contributed by atoms with van der Waals surface area (Å²) in [5.41, 5.74) is 0.106. The summed E-state index contributed by atoms with van der Waals surface area (Å²) in [4.78, 5) is 11.4. The monoisotopic (exact) mass is 213 g/mol. The standard InChI is InChI=1S/C10H9F2NO2/c11-8-2-1-6(3-9(8)12)10(14)13-4-7-5-15-7/h1-3,7H,4-5H2,(H,13,14). The van der Waals surface area contributed by atoms with E-state index in [2.05, 4.69) is 5.32 Å². The molecule has 15 heavy (non-hydrogen) atoms. The van der Waals surface area contributed by atoms with Gasteiger partial charge in [-0.2, -0.15) is 0 Å². The molecule has 1 aliphatic heterocycles. The molecular formula is C10H9F2NO2. The lowest BCUT2D eigenvalue weighted by Crippen LogP contribution is -2.27. The van der Waals surface area contributed by atoms with Gasteiger partial charge in [-0.3, -0.25) is 4.79 Å². The predicted molar refractivity (Wildman–Crippen MR) is 48.4 cm³/mol. The average Bonchev–Trinajstić information content (AvgIpc) is 3.02. The van der Waals surface area contributed by atoms with E-state index in [9.17, 15) is 13.6 Å². The summed E-state index contributed by atoms with van der Waals surface area (Å²) in [6.45, 7) is 1.04. The average molecular weight is 213 g/mol. The second-order valence-electron chi connectivity index (χ2n) is 3.29. The number of ether oxygens (including phenoxy) is 1. The molecule has 0 aromatic heterocycles. The molecule has 1 unspecified atom stereocenters. The van der Waals surface area contributed by atoms with E-state index in [1.807, 2.05) is 0 Å². The van der Waals surface area contributed by atoms with Crippen molar-refractivity contribution in [2.24, 2.45) is 0 Å². The maximum atomic E-state index is 12.8. The number of nitrogens with one attached hydrogen (secondary N) is 1. The molecule has 3 nitrogen and oxygen atoms in total. The number of carbonyl (C=O) groups is 1. The van der Waals surface area contributed by atoms with Gasteiger partial charge in [-0.1, -0.05) is 0 Å². The van der Waals surface area contributed by atoms with Gasteiger partial charge in [0.05, 0.1) is 12.7 Å². The summed E-state index contributed by atoms with van der Waals surface area (Å²) in [6.07, 6.45) is 0.0687. The predicted octanol–water partition coefficient (Wildman–Crippen LogP) is 1.09. The van der Waals surface area contributed by atoms with E-state index >= 15 is 0 Å². The van der Waals surface area contributed by atoms with Gasteiger partial charge in [0.1, 0.15) is 0 Å². The van der Waals surface area contributed by atoms with Gasteiger partial charge in [-0.15, -0.1) is 0 Å². The topological polar surface area (TPSA) is 41.6 Å². The lowest BCUT2D eigenvalue weighted by Gasteiger charge is -2.03. The number of hydrogen-bond donors (Lipinski definition) is 1. The van der Waals surface area contributed by atoms with Crippen LogP contribution in [-0.2, 0) is 4.74 Å². The van der Waals surface area contributed by atoms with Crippen LogP contribution in [0.25, 0.3) is 0 Å². The molecule has 1 aliphatic rings. The first-order valence-electron chi connectivity index (χ1n) is 4.51. The Morgan fingerprint density at radius 2 is 2.20 bits per heavy atom. The molecule has 1 fully saturated rings. The van der Waals surface area contributed by atoms with Crippen molar-refractivity contribution in [1.29, 1.82) is 0 Å². The van der Waals surface area contributed by atoms with Gasteiger partial charge < -0.3 is 10.1 Å². The van der Waals surface area contributed by atoms with Crippen molar-refractivity contribution in [1.82, 2.24) is 5.32 Å². The molecule has 80 valence electrons. The number of epoxide rings is 1. The first kappa shape index (κ1) is 10.0. The molecule has 1 aromatic rings. The van der Waals surface area contributed by atoms with Crippen LogP contribution in [0.15, 0.2) is 18.2 Å². The maximum Gasteiger partial charge on any atom is 0.251 e. The molecule has 1 heterocycles. The van der Waals surface area contributed by atoms with E-state index in [0.29, 0.717) is 13.2 Å². The summed E-state index contributed by atoms with van der Waals surface area (Å²) in [5, 5.41) is 2.55. The summed E-state index contributed by atoms with van der Waals surface area (Å²) < 4.78 is 30.2. The highest BCUT2D eigenvalue weighted by Gasteiger charge is 2.23. The SMILES string of the molecule is O=C(NCC1CO1)c1ccc(F)c(F)c1. The third-order valence-corrected chi connectivity index (χ3v) is 2.07. The molecule has 0 spiro atoms. The first-order valence-corrected chi connectivity index (χ1v) is 4.51. The van der Waals surface area contributed by atoms with E-state index in [1.54, 1.807) is 0 Å². The van der Waals surface area contributed by atoms with E-state index in [-0.39, 0.29) is 11.7 Å². The van der Waals surface area contributed by atoms with Crippen LogP contribution < -0.4 is 5.32 Å². The minimum absolute atomic E-state index is 0.0687. The normalized spacial score (nSPS) is 18.7. The zero-order valence-corrected chi connectivity index (χ0v) is 7.80. The van der Waals surface area contributed by atoms with E-state index in [1.165, 1.54) is 6.07 Å². The Morgan fingerprint density at radius 3 is 2.80 bits per heavy atom. The van der Waals surface area contributed by atoms with Crippen molar-refractivity contribution < 1.29 is 18.3 Å². The quantitative estimate of drug-likeness (QED) is 0.764. The fourth-order valence-electron chi connectivity index (χ4n) is 1.13. The Hall–Kier alpha value is -1.49. The highest BCUT2D eigenvalue weighted by Crippen LogP contribution is 2.10. The lowest BCUT2D eigenvalue weighted by atomic mass is 10.2. The van der Waals surface area contributed by atoms with Crippen LogP contribution >= 0.6 is 0 Å². The van der Waals surface area contributed by atoms with Gasteiger partial charge in [0.2, 0.25) is 0 Å². The minimum atomic E-state index is -1.02. The Morgan fingerprint density at radius 1 is 1.47 bits per heavy atom. The van der Waals surface area contributed by atoms with Gasteiger partial charge in [0.25, 0.3) is 5.91 Å². The molecule has 5 heteroatoms. The molecule has 0 aliphatic carbocycles. The number of amides is 1. The van der Waals surface area contributed by atoms with Crippen molar-refractivity contribution >= 4 is 5.91 Å². The van der Waals surface area contributed by atoms with Crippen LogP contribution in [0.3, 0.4) is 0 Å². The number of hydrogen-bond acceptors (Lipinski definition) is 2. The minimum Gasteiger partial charge on any atom is -0.371 e. The maximum absolute atomic E-state index is 12.8. The summed E-state index contributed by atoms with van der Waals surface area (Å²) in [5.74, 6) is -2.41. The molecule has 0 saturated carbocycles. The second-order valence-corrected chi connectivity index (χ2v) is 3.29. The third kappa shape index (κ3) is 2.50. The highest BCUT2D eigenvalue weighted by molar-refractivity contribution is 5.94. The Kier molecular flexibility index (Phi) is 2.64. The molecule has 1 aromatic carbocycles. The lowest BCUT2D eigenvalue weighted by molar-refractivity contribution is 0.0950. The smallest absolute Gasteiger partial charge is 0.251 e. The molecule has 2 rings (SSSR count). The van der Waals surface area contributed by atoms with Crippen LogP contribution in [0, 0.1) is 11.6 Å². The molecular weight excluding hydrogens is 204 g/mol. The highest BCUT2D eigenvalue weighted by atomic mass is 19.2. The number of benzene rings is 1. The van der Waals surface area contributed by atoms with Crippen molar-refractivity contribution in [3.05, 3.63) is 35.4 Å². The number of halogens is 2. The van der Waals surface area contributed by atoms with Gasteiger partial charge in [-0.25, -0.2) is 8.78 Å². The summed E-state index contributed by atoms with van der Waals surface area (Å²) >= 11 is 0. The van der Waals surface area contributed by atoms with Gasteiger partial charge in [0, 0.05) is 12.1 Å². The van der Waals surface area contributed by atoms with Crippen LogP contribution in [0.4, 0.5) is 8.78 Å². The fraction of sp³-hybridized carbons (Fsp3) is 0.300. The number of carbonyl (C=O) groups excluding carboxylic acids is 1. The summed E-state index contributed by atoms with van der Waals surface area (Å²) in [6, 6.07) is 3.04. The molecule has 1 atom stereocenters. The van der Waals surface area contributed by atoms with Crippen LogP contribution in [0.2, 0.25) is 0 Å². The van der Waals surface area contributed by atoms with Gasteiger partial charge in [-0.05, 0) is 18.2 Å². The van der Waals surface area contributed by atoms with Gasteiger partial charge in [0.15, 0.2) is 11.6 Å². The van der Waals surface area contributed by atoms with Crippen LogP contribution in [0.1, 0.15) is 10.4 Å². The molecule has 1 amide bonds. The van der Waals surface area contributed by atoms with Crippen molar-refractivity contribution in [3.63, 3.8) is 0 Å². The van der Waals surface area contributed by atoms with E-state index in [0.717, 1.165) is 12.1 Å². The Balaban J connectivity index is 2.00. The molecule has 1 saturated heterocycles.